The Morgan fingerprint density at radius 2 is 2.05 bits per heavy atom. The maximum atomic E-state index is 10.2. The monoisotopic (exact) mass is 272 g/mol. The molecule has 1 aliphatic heterocycles. The van der Waals surface area contributed by atoms with Crippen molar-refractivity contribution in [2.24, 2.45) is 0 Å². The summed E-state index contributed by atoms with van der Waals surface area (Å²) >= 11 is 0. The Kier molecular flexibility index (Phi) is 3.24. The average Bonchev–Trinajstić information content (AvgIpc) is 2.46. The summed E-state index contributed by atoms with van der Waals surface area (Å²) in [7, 11) is 1.60. The molecule has 2 aromatic carbocycles. The molecule has 0 aromatic heterocycles. The number of aromatic hydroxyl groups is 1. The van der Waals surface area contributed by atoms with Gasteiger partial charge in [0.1, 0.15) is 23.4 Å². The zero-order valence-electron chi connectivity index (χ0n) is 11.1. The highest BCUT2D eigenvalue weighted by molar-refractivity contribution is 5.44. The van der Waals surface area contributed by atoms with Crippen molar-refractivity contribution in [3.05, 3.63) is 53.6 Å². The molecule has 2 N–H and O–H groups in total. The van der Waals surface area contributed by atoms with E-state index in [9.17, 15) is 10.2 Å². The van der Waals surface area contributed by atoms with E-state index in [-0.39, 0.29) is 5.75 Å². The van der Waals surface area contributed by atoms with Gasteiger partial charge in [-0.3, -0.25) is 0 Å². The number of methoxy groups -OCH3 is 1. The number of phenolic OH excluding ortho intramolecular Hbond substituents is 1. The van der Waals surface area contributed by atoms with Gasteiger partial charge in [0.2, 0.25) is 0 Å². The SMILES string of the molecule is COc1ccc2c(c1)OC(c1cccc(O)c1)C(O)C2. The first-order valence-electron chi connectivity index (χ1n) is 6.48. The number of aliphatic hydroxyl groups is 1. The van der Waals surface area contributed by atoms with Crippen LogP contribution < -0.4 is 9.47 Å². The molecule has 0 bridgehead atoms. The summed E-state index contributed by atoms with van der Waals surface area (Å²) in [6, 6.07) is 12.3. The number of aliphatic hydroxyl groups excluding tert-OH is 1. The number of phenols is 1. The largest absolute Gasteiger partial charge is 0.508 e. The van der Waals surface area contributed by atoms with Crippen molar-refractivity contribution < 1.29 is 19.7 Å². The molecule has 0 saturated carbocycles. The fraction of sp³-hybridized carbons (Fsp3) is 0.250. The lowest BCUT2D eigenvalue weighted by Crippen LogP contribution is -2.30. The van der Waals surface area contributed by atoms with Gasteiger partial charge in [-0.25, -0.2) is 0 Å². The molecule has 0 spiro atoms. The van der Waals surface area contributed by atoms with Crippen LogP contribution in [0.3, 0.4) is 0 Å². The molecule has 0 radical (unpaired) electrons. The van der Waals surface area contributed by atoms with E-state index in [1.807, 2.05) is 24.3 Å². The van der Waals surface area contributed by atoms with Crippen LogP contribution in [-0.4, -0.2) is 23.4 Å². The van der Waals surface area contributed by atoms with Crippen LogP contribution in [-0.2, 0) is 6.42 Å². The van der Waals surface area contributed by atoms with Crippen molar-refractivity contribution in [3.8, 4) is 17.2 Å². The summed E-state index contributed by atoms with van der Waals surface area (Å²) in [6.07, 6.45) is -0.612. The maximum Gasteiger partial charge on any atom is 0.150 e. The van der Waals surface area contributed by atoms with Gasteiger partial charge in [-0.15, -0.1) is 0 Å². The van der Waals surface area contributed by atoms with E-state index >= 15 is 0 Å². The van der Waals surface area contributed by atoms with Crippen LogP contribution in [0.1, 0.15) is 17.2 Å². The number of fused-ring (bicyclic) bond motifs is 1. The summed E-state index contributed by atoms with van der Waals surface area (Å²) in [5.74, 6) is 1.59. The zero-order valence-corrected chi connectivity index (χ0v) is 11.1. The van der Waals surface area contributed by atoms with Gasteiger partial charge in [-0.2, -0.15) is 0 Å². The molecule has 0 amide bonds. The topological polar surface area (TPSA) is 58.9 Å². The molecular weight excluding hydrogens is 256 g/mol. The van der Waals surface area contributed by atoms with Crippen molar-refractivity contribution in [2.45, 2.75) is 18.6 Å². The third-order valence-corrected chi connectivity index (χ3v) is 3.51. The van der Waals surface area contributed by atoms with E-state index in [0.717, 1.165) is 16.9 Å². The number of ether oxygens (including phenoxy) is 2. The maximum absolute atomic E-state index is 10.2. The van der Waals surface area contributed by atoms with Crippen molar-refractivity contribution >= 4 is 0 Å². The first-order valence-corrected chi connectivity index (χ1v) is 6.48. The highest BCUT2D eigenvalue weighted by Crippen LogP contribution is 2.37. The van der Waals surface area contributed by atoms with Crippen LogP contribution in [0.25, 0.3) is 0 Å². The Bertz CT molecular complexity index is 624. The van der Waals surface area contributed by atoms with Crippen LogP contribution in [0.5, 0.6) is 17.2 Å². The minimum atomic E-state index is -0.641. The molecule has 2 aromatic rings. The lowest BCUT2D eigenvalue weighted by Gasteiger charge is -2.31. The summed E-state index contributed by atoms with van der Waals surface area (Å²) in [6.45, 7) is 0. The predicted molar refractivity (Wildman–Crippen MR) is 74.2 cm³/mol. The molecule has 0 aliphatic carbocycles. The summed E-state index contributed by atoms with van der Waals surface area (Å²) < 4.78 is 11.1. The Morgan fingerprint density at radius 1 is 1.20 bits per heavy atom. The van der Waals surface area contributed by atoms with Gasteiger partial charge in [-0.05, 0) is 29.3 Å². The van der Waals surface area contributed by atoms with E-state index in [0.29, 0.717) is 12.2 Å². The van der Waals surface area contributed by atoms with Gasteiger partial charge in [0, 0.05) is 12.5 Å². The number of hydrogen-bond acceptors (Lipinski definition) is 4. The Hall–Kier alpha value is -2.20. The second-order valence-electron chi connectivity index (χ2n) is 4.88. The van der Waals surface area contributed by atoms with Gasteiger partial charge in [0.05, 0.1) is 13.2 Å². The predicted octanol–water partition coefficient (Wildman–Crippen LogP) is 2.44. The van der Waals surface area contributed by atoms with E-state index in [1.54, 1.807) is 25.3 Å². The molecule has 104 valence electrons. The molecule has 0 saturated heterocycles. The number of hydrogen-bond donors (Lipinski definition) is 2. The smallest absolute Gasteiger partial charge is 0.150 e. The van der Waals surface area contributed by atoms with Crippen LogP contribution in [0.4, 0.5) is 0 Å². The summed E-state index contributed by atoms with van der Waals surface area (Å²) in [5.41, 5.74) is 1.71. The van der Waals surface area contributed by atoms with Crippen LogP contribution in [0, 0.1) is 0 Å². The molecule has 0 fully saturated rings. The van der Waals surface area contributed by atoms with Crippen molar-refractivity contribution in [1.82, 2.24) is 0 Å². The lowest BCUT2D eigenvalue weighted by molar-refractivity contribution is 0.0205. The summed E-state index contributed by atoms with van der Waals surface area (Å²) in [5, 5.41) is 19.8. The van der Waals surface area contributed by atoms with E-state index in [4.69, 9.17) is 9.47 Å². The van der Waals surface area contributed by atoms with Crippen molar-refractivity contribution in [3.63, 3.8) is 0 Å². The fourth-order valence-electron chi connectivity index (χ4n) is 2.48. The fourth-order valence-corrected chi connectivity index (χ4v) is 2.48. The molecule has 4 nitrogen and oxygen atoms in total. The van der Waals surface area contributed by atoms with E-state index < -0.39 is 12.2 Å². The molecule has 4 heteroatoms. The first-order chi connectivity index (χ1) is 9.67. The number of rotatable bonds is 2. The molecule has 2 atom stereocenters. The third-order valence-electron chi connectivity index (χ3n) is 3.51. The quantitative estimate of drug-likeness (QED) is 0.881. The second kappa shape index (κ2) is 5.06. The Morgan fingerprint density at radius 3 is 2.80 bits per heavy atom. The lowest BCUT2D eigenvalue weighted by atomic mass is 9.94. The minimum Gasteiger partial charge on any atom is -0.508 e. The Labute approximate surface area is 117 Å². The van der Waals surface area contributed by atoms with Gasteiger partial charge in [0.15, 0.2) is 0 Å². The molecule has 3 rings (SSSR count). The minimum absolute atomic E-state index is 0.162. The van der Waals surface area contributed by atoms with E-state index in [2.05, 4.69) is 0 Å². The molecule has 1 heterocycles. The molecule has 1 aliphatic rings. The van der Waals surface area contributed by atoms with Crippen LogP contribution in [0.2, 0.25) is 0 Å². The van der Waals surface area contributed by atoms with Crippen LogP contribution in [0.15, 0.2) is 42.5 Å². The van der Waals surface area contributed by atoms with Crippen molar-refractivity contribution in [2.75, 3.05) is 7.11 Å². The van der Waals surface area contributed by atoms with Gasteiger partial charge < -0.3 is 19.7 Å². The van der Waals surface area contributed by atoms with E-state index in [1.165, 1.54) is 0 Å². The zero-order chi connectivity index (χ0) is 14.1. The standard InChI is InChI=1S/C16H16O4/c1-19-13-6-5-10-8-14(18)16(20-15(10)9-13)11-3-2-4-12(17)7-11/h2-7,9,14,16-18H,8H2,1H3. The van der Waals surface area contributed by atoms with Gasteiger partial charge in [0.25, 0.3) is 0 Å². The average molecular weight is 272 g/mol. The van der Waals surface area contributed by atoms with Crippen LogP contribution >= 0.6 is 0 Å². The second-order valence-corrected chi connectivity index (χ2v) is 4.88. The summed E-state index contributed by atoms with van der Waals surface area (Å²) in [4.78, 5) is 0. The highest BCUT2D eigenvalue weighted by Gasteiger charge is 2.30. The first kappa shape index (κ1) is 12.8. The number of benzene rings is 2. The highest BCUT2D eigenvalue weighted by atomic mass is 16.5. The Balaban J connectivity index is 1.95. The van der Waals surface area contributed by atoms with Crippen molar-refractivity contribution in [1.29, 1.82) is 0 Å². The molecule has 2 unspecified atom stereocenters. The normalized spacial score (nSPS) is 20.9. The molecule has 20 heavy (non-hydrogen) atoms. The third kappa shape index (κ3) is 2.30. The molecular formula is C16H16O4. The van der Waals surface area contributed by atoms with Gasteiger partial charge >= 0.3 is 0 Å². The van der Waals surface area contributed by atoms with Gasteiger partial charge in [-0.1, -0.05) is 18.2 Å².